The van der Waals surface area contributed by atoms with Crippen molar-refractivity contribution in [3.63, 3.8) is 0 Å². The number of allylic oxidation sites excluding steroid dienone is 4. The number of hydrogen-bond acceptors (Lipinski definition) is 7. The number of nitrogens with one attached hydrogen (secondary N) is 1. The van der Waals surface area contributed by atoms with E-state index in [4.69, 9.17) is 10.1 Å². The number of aromatic nitrogens is 1. The third kappa shape index (κ3) is 4.06. The molecule has 0 spiro atoms. The highest BCUT2D eigenvalue weighted by Crippen LogP contribution is 2.68. The van der Waals surface area contributed by atoms with Gasteiger partial charge < -0.3 is 20.4 Å². The van der Waals surface area contributed by atoms with Crippen molar-refractivity contribution in [1.29, 1.82) is 5.41 Å². The second-order valence-corrected chi connectivity index (χ2v) is 13.3. The first-order chi connectivity index (χ1) is 19.1. The number of aryl methyl sites for hydroxylation is 1. The fourth-order valence-electron chi connectivity index (χ4n) is 9.52. The molecule has 2 heterocycles. The number of Topliss-reactive ketones (excluding diaryl/α,β-unsaturated/α-hetero) is 1. The Morgan fingerprint density at radius 1 is 1.27 bits per heavy atom. The Hall–Kier alpha value is -2.64. The van der Waals surface area contributed by atoms with E-state index in [0.717, 1.165) is 61.4 Å². The normalized spacial score (nSPS) is 41.3. The summed E-state index contributed by atoms with van der Waals surface area (Å²) in [6.45, 7) is 4.33. The monoisotopic (exact) mass is 545 g/mol. The zero-order valence-corrected chi connectivity index (χ0v) is 24.0. The number of nitrogens with zero attached hydrogens (tertiary/aromatic N) is 2. The van der Waals surface area contributed by atoms with Crippen molar-refractivity contribution >= 4 is 17.7 Å². The quantitative estimate of drug-likeness (QED) is 0.437. The lowest BCUT2D eigenvalue weighted by Crippen LogP contribution is -2.62. The lowest BCUT2D eigenvalue weighted by atomic mass is 9.44. The number of aliphatic hydroxyl groups excluding tert-OH is 1. The van der Waals surface area contributed by atoms with E-state index in [1.165, 1.54) is 11.8 Å². The molecule has 3 N–H and O–H groups in total. The van der Waals surface area contributed by atoms with Crippen LogP contribution >= 0.6 is 0 Å². The van der Waals surface area contributed by atoms with Crippen LogP contribution in [0.2, 0.25) is 0 Å². The van der Waals surface area contributed by atoms with E-state index in [1.54, 1.807) is 13.2 Å². The molecule has 0 saturated heterocycles. The predicted molar refractivity (Wildman–Crippen MR) is 155 cm³/mol. The first kappa shape index (κ1) is 27.5. The van der Waals surface area contributed by atoms with Crippen LogP contribution in [0.5, 0.6) is 5.75 Å². The summed E-state index contributed by atoms with van der Waals surface area (Å²) in [4.78, 5) is 22.7. The number of rotatable bonds is 5. The highest BCUT2D eigenvalue weighted by Gasteiger charge is 2.68. The summed E-state index contributed by atoms with van der Waals surface area (Å²) in [5.41, 5.74) is 0.912. The molecule has 6 rings (SSSR count). The zero-order chi connectivity index (χ0) is 28.3. The Bertz CT molecular complexity index is 1300. The Morgan fingerprint density at radius 3 is 2.88 bits per heavy atom. The van der Waals surface area contributed by atoms with Gasteiger partial charge in [0.1, 0.15) is 17.1 Å². The second kappa shape index (κ2) is 10.0. The highest BCUT2D eigenvalue weighted by atomic mass is 16.5. The van der Waals surface area contributed by atoms with Crippen LogP contribution in [0.1, 0.15) is 77.3 Å². The molecule has 5 aliphatic rings. The average Bonchev–Trinajstić information content (AvgIpc) is 3.08. The van der Waals surface area contributed by atoms with Crippen LogP contribution < -0.4 is 4.74 Å². The minimum absolute atomic E-state index is 0.0386. The molecule has 0 bridgehead atoms. The lowest BCUT2D eigenvalue weighted by molar-refractivity contribution is -0.180. The summed E-state index contributed by atoms with van der Waals surface area (Å²) in [7, 11) is 1.79. The summed E-state index contributed by atoms with van der Waals surface area (Å²) in [6, 6.07) is 3.77. The number of carbonyl (C=O) groups excluding carboxylic acids is 1. The largest absolute Gasteiger partial charge is 0.460 e. The standard InChI is InChI=1S/C33H43N3O4/c1-31-17-20(19-34)26(35-3)16-21(31)9-11-23-24-13-14-33(39,32(24,2)18-27(37)30(23)31)29(38)12-10-22-6-4-7-25-28(40-22)8-5-15-36-25/h5-6,8,15-16,19-20,23-24,27,30,34,37,39H,4,7,9-14,17-18H2,1-3H3. The van der Waals surface area contributed by atoms with Crippen molar-refractivity contribution in [3.05, 3.63) is 47.5 Å². The summed E-state index contributed by atoms with van der Waals surface area (Å²) >= 11 is 0. The maximum absolute atomic E-state index is 13.8. The molecular formula is C33H43N3O4. The van der Waals surface area contributed by atoms with Gasteiger partial charge in [-0.05, 0) is 98.8 Å². The van der Waals surface area contributed by atoms with E-state index in [0.29, 0.717) is 19.3 Å². The molecule has 7 heteroatoms. The van der Waals surface area contributed by atoms with Gasteiger partial charge in [0.25, 0.3) is 0 Å². The van der Waals surface area contributed by atoms with Gasteiger partial charge in [-0.2, -0.15) is 0 Å². The van der Waals surface area contributed by atoms with Gasteiger partial charge in [-0.25, -0.2) is 0 Å². The Balaban J connectivity index is 1.21. The van der Waals surface area contributed by atoms with Gasteiger partial charge in [0.2, 0.25) is 0 Å². The average molecular weight is 546 g/mol. The number of fused-ring (bicyclic) bond motifs is 6. The van der Waals surface area contributed by atoms with E-state index < -0.39 is 17.1 Å². The fraction of sp³-hybridized carbons (Fsp3) is 0.636. The maximum atomic E-state index is 13.8. The van der Waals surface area contributed by atoms with Gasteiger partial charge in [-0.3, -0.25) is 14.8 Å². The molecule has 3 fully saturated rings. The van der Waals surface area contributed by atoms with Crippen LogP contribution in [-0.4, -0.2) is 51.7 Å². The smallest absolute Gasteiger partial charge is 0.165 e. The lowest BCUT2D eigenvalue weighted by Gasteiger charge is -2.61. The number of hydrogen-bond donors (Lipinski definition) is 3. The number of ketones is 1. The summed E-state index contributed by atoms with van der Waals surface area (Å²) in [6.07, 6.45) is 13.5. The maximum Gasteiger partial charge on any atom is 0.165 e. The van der Waals surface area contributed by atoms with Crippen molar-refractivity contribution in [2.45, 2.75) is 89.8 Å². The minimum Gasteiger partial charge on any atom is -0.460 e. The van der Waals surface area contributed by atoms with Crippen molar-refractivity contribution in [2.75, 3.05) is 7.05 Å². The van der Waals surface area contributed by atoms with Crippen LogP contribution in [0.15, 0.2) is 46.8 Å². The topological polar surface area (TPSA) is 116 Å². The molecule has 0 amide bonds. The number of aliphatic hydroxyl groups is 2. The number of carbonyl (C=O) groups is 1. The molecule has 1 aromatic rings. The molecule has 8 unspecified atom stereocenters. The van der Waals surface area contributed by atoms with Gasteiger partial charge in [0.15, 0.2) is 5.78 Å². The molecule has 214 valence electrons. The van der Waals surface area contributed by atoms with Crippen LogP contribution in [0.25, 0.3) is 0 Å². The number of ether oxygens (including phenoxy) is 1. The minimum atomic E-state index is -1.45. The van der Waals surface area contributed by atoms with Gasteiger partial charge in [-0.1, -0.05) is 19.4 Å². The molecule has 1 aliphatic heterocycles. The molecule has 7 nitrogen and oxygen atoms in total. The predicted octanol–water partition coefficient (Wildman–Crippen LogP) is 5.25. The molecule has 1 aromatic heterocycles. The van der Waals surface area contributed by atoms with Crippen LogP contribution in [0, 0.1) is 39.9 Å². The highest BCUT2D eigenvalue weighted by molar-refractivity contribution is 6.06. The van der Waals surface area contributed by atoms with Crippen molar-refractivity contribution in [1.82, 2.24) is 4.98 Å². The van der Waals surface area contributed by atoms with Gasteiger partial charge in [-0.15, -0.1) is 0 Å². The Morgan fingerprint density at radius 2 is 2.10 bits per heavy atom. The van der Waals surface area contributed by atoms with Crippen LogP contribution in [0.3, 0.4) is 0 Å². The zero-order valence-electron chi connectivity index (χ0n) is 24.0. The molecule has 3 saturated carbocycles. The Labute approximate surface area is 237 Å². The van der Waals surface area contributed by atoms with Crippen molar-refractivity contribution < 1.29 is 19.7 Å². The van der Waals surface area contributed by atoms with Gasteiger partial charge in [0, 0.05) is 49.3 Å². The van der Waals surface area contributed by atoms with Gasteiger partial charge in [0.05, 0.1) is 11.8 Å². The Kier molecular flexibility index (Phi) is 6.89. The third-order valence-electron chi connectivity index (χ3n) is 11.5. The van der Waals surface area contributed by atoms with Crippen LogP contribution in [-0.2, 0) is 11.2 Å². The molecule has 4 aliphatic carbocycles. The molecular weight excluding hydrogens is 502 g/mol. The first-order valence-corrected chi connectivity index (χ1v) is 15.1. The van der Waals surface area contributed by atoms with Crippen molar-refractivity contribution in [2.24, 2.45) is 39.5 Å². The van der Waals surface area contributed by atoms with Crippen molar-refractivity contribution in [3.8, 4) is 5.75 Å². The van der Waals surface area contributed by atoms with E-state index in [1.807, 2.05) is 18.2 Å². The van der Waals surface area contributed by atoms with Gasteiger partial charge >= 0.3 is 0 Å². The molecule has 0 radical (unpaired) electrons. The second-order valence-electron chi connectivity index (χ2n) is 13.3. The van der Waals surface area contributed by atoms with E-state index in [-0.39, 0.29) is 41.3 Å². The number of aliphatic imine (C=N–C) groups is 1. The van der Waals surface area contributed by atoms with E-state index >= 15 is 0 Å². The van der Waals surface area contributed by atoms with E-state index in [2.05, 4.69) is 29.9 Å². The molecule has 8 atom stereocenters. The SMILES string of the molecule is CN=C1C=C2CCC3C(C(O)CC4(C)C3CCC4(O)C(=O)CCC3=CCCc4ncccc4O3)C2(C)CC1C=N. The first-order valence-electron chi connectivity index (χ1n) is 15.1. The van der Waals surface area contributed by atoms with E-state index in [9.17, 15) is 15.0 Å². The summed E-state index contributed by atoms with van der Waals surface area (Å²) in [5, 5.41) is 32.0. The molecule has 40 heavy (non-hydrogen) atoms. The number of pyridine rings is 1. The summed E-state index contributed by atoms with van der Waals surface area (Å²) < 4.78 is 6.11. The van der Waals surface area contributed by atoms with Crippen LogP contribution in [0.4, 0.5) is 0 Å². The summed E-state index contributed by atoms with van der Waals surface area (Å²) in [5.74, 6) is 1.82. The molecule has 0 aromatic carbocycles. The third-order valence-corrected chi connectivity index (χ3v) is 11.5. The fourth-order valence-corrected chi connectivity index (χ4v) is 9.52.